The molecule has 0 aliphatic carbocycles. The molecule has 1 unspecified atom stereocenters. The minimum Gasteiger partial charge on any atom is -0.481 e. The number of rotatable bonds is 8. The van der Waals surface area contributed by atoms with Crippen molar-refractivity contribution in [1.82, 2.24) is 10.2 Å². The summed E-state index contributed by atoms with van der Waals surface area (Å²) in [7, 11) is 1.57. The number of methoxy groups -OCH3 is 1. The average molecular weight is 380 g/mol. The molecule has 0 saturated carbocycles. The number of likely N-dealkylation sites (tertiary alicyclic amines) is 1. The van der Waals surface area contributed by atoms with E-state index < -0.39 is 11.4 Å². The van der Waals surface area contributed by atoms with E-state index in [1.165, 1.54) is 11.8 Å². The minimum atomic E-state index is -0.904. The van der Waals surface area contributed by atoms with E-state index in [-0.39, 0.29) is 24.1 Å². The van der Waals surface area contributed by atoms with Gasteiger partial charge in [-0.05, 0) is 25.5 Å². The summed E-state index contributed by atoms with van der Waals surface area (Å²) < 4.78 is 4.88. The van der Waals surface area contributed by atoms with Gasteiger partial charge in [0.25, 0.3) is 5.91 Å². The Balaban J connectivity index is 2.01. The second kappa shape index (κ2) is 9.05. The lowest BCUT2D eigenvalue weighted by Crippen LogP contribution is -2.35. The number of carbonyl (C=O) groups is 3. The van der Waals surface area contributed by atoms with Crippen LogP contribution in [0.15, 0.2) is 29.2 Å². The molecule has 7 nitrogen and oxygen atoms in total. The first kappa shape index (κ1) is 20.3. The van der Waals surface area contributed by atoms with Crippen molar-refractivity contribution in [3.8, 4) is 0 Å². The Morgan fingerprint density at radius 2 is 2.08 bits per heavy atom. The van der Waals surface area contributed by atoms with E-state index in [1.54, 1.807) is 37.1 Å². The number of hydrogen-bond donors (Lipinski definition) is 2. The van der Waals surface area contributed by atoms with E-state index in [9.17, 15) is 19.5 Å². The van der Waals surface area contributed by atoms with Crippen LogP contribution < -0.4 is 5.32 Å². The number of nitrogens with one attached hydrogen (secondary N) is 1. The molecule has 1 aliphatic rings. The molecule has 1 aromatic rings. The fourth-order valence-electron chi connectivity index (χ4n) is 2.74. The van der Waals surface area contributed by atoms with E-state index in [0.29, 0.717) is 36.6 Å². The van der Waals surface area contributed by atoms with Crippen molar-refractivity contribution in [2.45, 2.75) is 18.2 Å². The van der Waals surface area contributed by atoms with Gasteiger partial charge in [0.05, 0.1) is 23.3 Å². The molecule has 2 amide bonds. The summed E-state index contributed by atoms with van der Waals surface area (Å²) in [5, 5.41) is 12.1. The van der Waals surface area contributed by atoms with Crippen LogP contribution in [0.25, 0.3) is 0 Å². The zero-order valence-corrected chi connectivity index (χ0v) is 15.8. The quantitative estimate of drug-likeness (QED) is 0.524. The predicted molar refractivity (Wildman–Crippen MR) is 98.3 cm³/mol. The first-order valence-electron chi connectivity index (χ1n) is 8.37. The zero-order valence-electron chi connectivity index (χ0n) is 15.0. The molecule has 0 aromatic heterocycles. The number of carboxylic acids is 1. The highest BCUT2D eigenvalue weighted by Crippen LogP contribution is 2.32. The molecular formula is C18H24N2O5S. The van der Waals surface area contributed by atoms with Crippen molar-refractivity contribution in [3.63, 3.8) is 0 Å². The maximum Gasteiger partial charge on any atom is 0.311 e. The minimum absolute atomic E-state index is 0.131. The van der Waals surface area contributed by atoms with Crippen LogP contribution in [-0.4, -0.2) is 66.9 Å². The largest absolute Gasteiger partial charge is 0.481 e. The summed E-state index contributed by atoms with van der Waals surface area (Å²) in [6.45, 7) is 3.16. The van der Waals surface area contributed by atoms with Crippen LogP contribution in [0.1, 0.15) is 23.7 Å². The van der Waals surface area contributed by atoms with Crippen LogP contribution in [0, 0.1) is 5.41 Å². The summed E-state index contributed by atoms with van der Waals surface area (Å²) in [6.07, 6.45) is 0.436. The Morgan fingerprint density at radius 3 is 2.73 bits per heavy atom. The third-order valence-electron chi connectivity index (χ3n) is 4.38. The summed E-state index contributed by atoms with van der Waals surface area (Å²) in [5.41, 5.74) is -0.407. The monoisotopic (exact) mass is 380 g/mol. The lowest BCUT2D eigenvalue weighted by Gasteiger charge is -2.21. The number of carboxylic acid groups (broad SMARTS) is 1. The summed E-state index contributed by atoms with van der Waals surface area (Å²) in [5.74, 6) is -1.02. The SMILES string of the molecule is COCCNC(=O)CSc1ccccc1C(=O)N1CCC(C)(C(=O)O)C1. The zero-order chi connectivity index (χ0) is 19.2. The number of benzene rings is 1. The third kappa shape index (κ3) is 4.98. The second-order valence-corrected chi connectivity index (χ2v) is 7.49. The van der Waals surface area contributed by atoms with Gasteiger partial charge >= 0.3 is 5.97 Å². The number of thioether (sulfide) groups is 1. The first-order chi connectivity index (χ1) is 12.4. The highest BCUT2D eigenvalue weighted by molar-refractivity contribution is 8.00. The number of amides is 2. The molecule has 0 spiro atoms. The Morgan fingerprint density at radius 1 is 1.35 bits per heavy atom. The van der Waals surface area contributed by atoms with Gasteiger partial charge in [-0.15, -0.1) is 11.8 Å². The number of carbonyl (C=O) groups excluding carboxylic acids is 2. The van der Waals surface area contributed by atoms with Gasteiger partial charge in [-0.25, -0.2) is 0 Å². The van der Waals surface area contributed by atoms with Crippen LogP contribution >= 0.6 is 11.8 Å². The molecule has 142 valence electrons. The smallest absolute Gasteiger partial charge is 0.311 e. The van der Waals surface area contributed by atoms with Gasteiger partial charge in [0.1, 0.15) is 0 Å². The normalized spacial score (nSPS) is 19.4. The molecule has 1 aliphatic heterocycles. The van der Waals surface area contributed by atoms with E-state index in [4.69, 9.17) is 4.74 Å². The topological polar surface area (TPSA) is 95.9 Å². The van der Waals surface area contributed by atoms with Gasteiger partial charge < -0.3 is 20.1 Å². The van der Waals surface area contributed by atoms with Gasteiger partial charge in [-0.2, -0.15) is 0 Å². The molecule has 8 heteroatoms. The van der Waals surface area contributed by atoms with Crippen LogP contribution in [0.4, 0.5) is 0 Å². The Labute approximate surface area is 157 Å². The third-order valence-corrected chi connectivity index (χ3v) is 5.45. The second-order valence-electron chi connectivity index (χ2n) is 6.47. The van der Waals surface area contributed by atoms with Crippen molar-refractivity contribution in [2.75, 3.05) is 39.1 Å². The number of aliphatic carboxylic acids is 1. The molecule has 1 atom stereocenters. The lowest BCUT2D eigenvalue weighted by molar-refractivity contribution is -0.147. The molecular weight excluding hydrogens is 356 g/mol. The van der Waals surface area contributed by atoms with Crippen molar-refractivity contribution in [1.29, 1.82) is 0 Å². The number of ether oxygens (including phenoxy) is 1. The van der Waals surface area contributed by atoms with E-state index in [0.717, 1.165) is 0 Å². The summed E-state index contributed by atoms with van der Waals surface area (Å²) >= 11 is 1.29. The Bertz CT molecular complexity index is 681. The molecule has 1 aromatic carbocycles. The predicted octanol–water partition coefficient (Wildman–Crippen LogP) is 1.48. The van der Waals surface area contributed by atoms with Crippen LogP contribution in [0.2, 0.25) is 0 Å². The fraction of sp³-hybridized carbons (Fsp3) is 0.500. The van der Waals surface area contributed by atoms with Crippen molar-refractivity contribution >= 4 is 29.5 Å². The van der Waals surface area contributed by atoms with Gasteiger partial charge in [0.2, 0.25) is 5.91 Å². The molecule has 1 heterocycles. The average Bonchev–Trinajstić information content (AvgIpc) is 3.04. The number of nitrogens with zero attached hydrogens (tertiary/aromatic N) is 1. The van der Waals surface area contributed by atoms with Crippen molar-refractivity contribution < 1.29 is 24.2 Å². The van der Waals surface area contributed by atoms with Crippen LogP contribution in [0.5, 0.6) is 0 Å². The van der Waals surface area contributed by atoms with Crippen molar-refractivity contribution in [2.24, 2.45) is 5.41 Å². The maximum atomic E-state index is 12.8. The molecule has 2 rings (SSSR count). The fourth-order valence-corrected chi connectivity index (χ4v) is 3.61. The van der Waals surface area contributed by atoms with Gasteiger partial charge in [0.15, 0.2) is 0 Å². The Kier molecular flexibility index (Phi) is 7.05. The highest BCUT2D eigenvalue weighted by Gasteiger charge is 2.42. The van der Waals surface area contributed by atoms with E-state index in [2.05, 4.69) is 5.32 Å². The molecule has 0 bridgehead atoms. The molecule has 0 radical (unpaired) electrons. The molecule has 2 N–H and O–H groups in total. The summed E-state index contributed by atoms with van der Waals surface area (Å²) in [4.78, 5) is 38.3. The van der Waals surface area contributed by atoms with Gasteiger partial charge in [-0.1, -0.05) is 12.1 Å². The Hall–Kier alpha value is -2.06. The highest BCUT2D eigenvalue weighted by atomic mass is 32.2. The molecule has 1 fully saturated rings. The van der Waals surface area contributed by atoms with E-state index in [1.807, 2.05) is 6.07 Å². The van der Waals surface area contributed by atoms with Gasteiger partial charge in [0, 0.05) is 31.6 Å². The van der Waals surface area contributed by atoms with Gasteiger partial charge in [-0.3, -0.25) is 14.4 Å². The van der Waals surface area contributed by atoms with Crippen molar-refractivity contribution in [3.05, 3.63) is 29.8 Å². The molecule has 26 heavy (non-hydrogen) atoms. The molecule has 1 saturated heterocycles. The maximum absolute atomic E-state index is 12.8. The van der Waals surface area contributed by atoms with Crippen LogP contribution in [-0.2, 0) is 14.3 Å². The van der Waals surface area contributed by atoms with Crippen LogP contribution in [0.3, 0.4) is 0 Å². The summed E-state index contributed by atoms with van der Waals surface area (Å²) in [6, 6.07) is 7.09. The number of hydrogen-bond acceptors (Lipinski definition) is 5. The standard InChI is InChI=1S/C18H24N2O5S/c1-18(17(23)24)7-9-20(12-18)16(22)13-5-3-4-6-14(13)26-11-15(21)19-8-10-25-2/h3-6H,7-12H2,1-2H3,(H,19,21)(H,23,24). The van der Waals surface area contributed by atoms with E-state index >= 15 is 0 Å². The lowest BCUT2D eigenvalue weighted by atomic mass is 9.90. The first-order valence-corrected chi connectivity index (χ1v) is 9.36.